The van der Waals surface area contributed by atoms with Crippen molar-refractivity contribution in [1.82, 2.24) is 4.90 Å². The van der Waals surface area contributed by atoms with Gasteiger partial charge < -0.3 is 15.7 Å². The van der Waals surface area contributed by atoms with Crippen molar-refractivity contribution in [2.45, 2.75) is 51.0 Å². The highest BCUT2D eigenvalue weighted by atomic mass is 16.4. The first-order valence-corrected chi connectivity index (χ1v) is 7.33. The molecule has 3 N–H and O–H groups in total. The highest BCUT2D eigenvalue weighted by Crippen LogP contribution is 2.31. The summed E-state index contributed by atoms with van der Waals surface area (Å²) in [7, 11) is 0. The Hall–Kier alpha value is -1.59. The Bertz CT molecular complexity index is 402. The third kappa shape index (κ3) is 3.11. The summed E-state index contributed by atoms with van der Waals surface area (Å²) in [6, 6.07) is -0.676. The number of carboxylic acid groups (broad SMARTS) is 1. The van der Waals surface area contributed by atoms with E-state index < -0.39 is 12.0 Å². The van der Waals surface area contributed by atoms with Gasteiger partial charge in [-0.2, -0.15) is 0 Å². The molecule has 0 aromatic carbocycles. The zero-order valence-corrected chi connectivity index (χ0v) is 11.6. The zero-order chi connectivity index (χ0) is 14.7. The lowest BCUT2D eigenvalue weighted by atomic mass is 9.80. The molecule has 0 aromatic rings. The number of nitrogens with two attached hydrogens (primary N) is 1. The van der Waals surface area contributed by atoms with E-state index in [4.69, 9.17) is 5.73 Å². The molecule has 1 aliphatic carbocycles. The SMILES string of the molecule is NC(=O)C1CCC(C(=O)N2CCCCC2C(=O)O)CC1. The maximum atomic E-state index is 12.5. The van der Waals surface area contributed by atoms with Crippen LogP contribution in [0.25, 0.3) is 0 Å². The molecule has 1 saturated carbocycles. The summed E-state index contributed by atoms with van der Waals surface area (Å²) in [5.41, 5.74) is 5.28. The predicted octanol–water partition coefficient (Wildman–Crippen LogP) is 0.744. The minimum atomic E-state index is -0.913. The lowest BCUT2D eigenvalue weighted by Gasteiger charge is -2.37. The molecule has 6 nitrogen and oxygen atoms in total. The molecule has 20 heavy (non-hydrogen) atoms. The molecule has 2 fully saturated rings. The van der Waals surface area contributed by atoms with E-state index in [2.05, 4.69) is 0 Å². The summed E-state index contributed by atoms with van der Waals surface area (Å²) >= 11 is 0. The molecule has 1 aliphatic heterocycles. The number of carbonyl (C=O) groups is 3. The quantitative estimate of drug-likeness (QED) is 0.797. The third-order valence-electron chi connectivity index (χ3n) is 4.55. The number of amides is 2. The van der Waals surface area contributed by atoms with Crippen LogP contribution in [0.15, 0.2) is 0 Å². The van der Waals surface area contributed by atoms with E-state index in [0.717, 1.165) is 12.8 Å². The van der Waals surface area contributed by atoms with Crippen molar-refractivity contribution < 1.29 is 19.5 Å². The van der Waals surface area contributed by atoms with Crippen molar-refractivity contribution in [3.05, 3.63) is 0 Å². The Morgan fingerprint density at radius 2 is 1.55 bits per heavy atom. The van der Waals surface area contributed by atoms with Gasteiger partial charge in [-0.1, -0.05) is 0 Å². The Balaban J connectivity index is 1.97. The van der Waals surface area contributed by atoms with Crippen molar-refractivity contribution in [3.63, 3.8) is 0 Å². The third-order valence-corrected chi connectivity index (χ3v) is 4.55. The van der Waals surface area contributed by atoms with Gasteiger partial charge in [0.05, 0.1) is 0 Å². The van der Waals surface area contributed by atoms with E-state index in [-0.39, 0.29) is 23.7 Å². The molecular weight excluding hydrogens is 260 g/mol. The maximum absolute atomic E-state index is 12.5. The van der Waals surface area contributed by atoms with Gasteiger partial charge in [0.15, 0.2) is 0 Å². The number of carboxylic acids is 1. The smallest absolute Gasteiger partial charge is 0.326 e. The van der Waals surface area contributed by atoms with Gasteiger partial charge in [0, 0.05) is 18.4 Å². The number of hydrogen-bond donors (Lipinski definition) is 2. The van der Waals surface area contributed by atoms with E-state index in [1.807, 2.05) is 0 Å². The van der Waals surface area contributed by atoms with Crippen LogP contribution in [0.3, 0.4) is 0 Å². The monoisotopic (exact) mass is 282 g/mol. The molecule has 0 radical (unpaired) electrons. The summed E-state index contributed by atoms with van der Waals surface area (Å²) in [5, 5.41) is 9.22. The molecule has 0 spiro atoms. The molecule has 2 amide bonds. The number of hydrogen-bond acceptors (Lipinski definition) is 3. The fourth-order valence-corrected chi connectivity index (χ4v) is 3.31. The molecular formula is C14H22N2O4. The first-order valence-electron chi connectivity index (χ1n) is 7.33. The van der Waals surface area contributed by atoms with E-state index in [0.29, 0.717) is 38.6 Å². The van der Waals surface area contributed by atoms with Crippen molar-refractivity contribution >= 4 is 17.8 Å². The standard InChI is InChI=1S/C14H22N2O4/c15-12(17)9-4-6-10(7-5-9)13(18)16-8-2-1-3-11(16)14(19)20/h9-11H,1-8H2,(H2,15,17)(H,19,20). The average molecular weight is 282 g/mol. The average Bonchev–Trinajstić information content (AvgIpc) is 2.46. The number of carbonyl (C=O) groups excluding carboxylic acids is 2. The molecule has 6 heteroatoms. The van der Waals surface area contributed by atoms with Gasteiger partial charge >= 0.3 is 5.97 Å². The Morgan fingerprint density at radius 1 is 0.950 bits per heavy atom. The minimum absolute atomic E-state index is 0.0555. The van der Waals surface area contributed by atoms with Crippen LogP contribution in [0, 0.1) is 11.8 Å². The first kappa shape index (κ1) is 14.8. The van der Waals surface area contributed by atoms with Gasteiger partial charge in [0.1, 0.15) is 6.04 Å². The van der Waals surface area contributed by atoms with E-state index in [1.165, 1.54) is 4.90 Å². The Labute approximate surface area is 118 Å². The van der Waals surface area contributed by atoms with Crippen LogP contribution >= 0.6 is 0 Å². The van der Waals surface area contributed by atoms with Crippen molar-refractivity contribution in [1.29, 1.82) is 0 Å². The fraction of sp³-hybridized carbons (Fsp3) is 0.786. The lowest BCUT2D eigenvalue weighted by Crippen LogP contribution is -2.50. The number of primary amides is 1. The van der Waals surface area contributed by atoms with Gasteiger partial charge in [0.2, 0.25) is 11.8 Å². The number of aliphatic carboxylic acids is 1. The highest BCUT2D eigenvalue weighted by molar-refractivity contribution is 5.85. The topological polar surface area (TPSA) is 101 Å². The second kappa shape index (κ2) is 6.24. The predicted molar refractivity (Wildman–Crippen MR) is 71.6 cm³/mol. The van der Waals surface area contributed by atoms with Crippen LogP contribution in [0.4, 0.5) is 0 Å². The van der Waals surface area contributed by atoms with E-state index in [9.17, 15) is 19.5 Å². The molecule has 1 atom stereocenters. The minimum Gasteiger partial charge on any atom is -0.480 e. The summed E-state index contributed by atoms with van der Waals surface area (Å²) in [6.45, 7) is 0.533. The second-order valence-electron chi connectivity index (χ2n) is 5.83. The number of likely N-dealkylation sites (tertiary alicyclic amines) is 1. The summed E-state index contributed by atoms with van der Waals surface area (Å²) in [6.07, 6.45) is 4.80. The lowest BCUT2D eigenvalue weighted by molar-refractivity contribution is -0.154. The largest absolute Gasteiger partial charge is 0.480 e. The molecule has 1 unspecified atom stereocenters. The second-order valence-corrected chi connectivity index (χ2v) is 5.83. The fourth-order valence-electron chi connectivity index (χ4n) is 3.31. The van der Waals surface area contributed by atoms with Crippen LogP contribution in [-0.2, 0) is 14.4 Å². The normalized spacial score (nSPS) is 30.8. The van der Waals surface area contributed by atoms with Crippen LogP contribution < -0.4 is 5.73 Å². The summed E-state index contributed by atoms with van der Waals surface area (Å²) in [5.74, 6) is -1.54. The number of rotatable bonds is 3. The van der Waals surface area contributed by atoms with E-state index in [1.54, 1.807) is 0 Å². The molecule has 0 bridgehead atoms. The van der Waals surface area contributed by atoms with Crippen molar-refractivity contribution in [2.75, 3.05) is 6.54 Å². The van der Waals surface area contributed by atoms with Gasteiger partial charge in [0.25, 0.3) is 0 Å². The molecule has 0 aromatic heterocycles. The molecule has 1 saturated heterocycles. The highest BCUT2D eigenvalue weighted by Gasteiger charge is 2.37. The van der Waals surface area contributed by atoms with Crippen LogP contribution in [0.2, 0.25) is 0 Å². The van der Waals surface area contributed by atoms with Gasteiger partial charge in [-0.05, 0) is 44.9 Å². The molecule has 2 aliphatic rings. The van der Waals surface area contributed by atoms with Crippen molar-refractivity contribution in [2.24, 2.45) is 17.6 Å². The van der Waals surface area contributed by atoms with Crippen LogP contribution in [0.5, 0.6) is 0 Å². The van der Waals surface area contributed by atoms with Gasteiger partial charge in [-0.15, -0.1) is 0 Å². The number of piperidine rings is 1. The first-order chi connectivity index (χ1) is 9.50. The summed E-state index contributed by atoms with van der Waals surface area (Å²) < 4.78 is 0. The Kier molecular flexibility index (Phi) is 4.62. The molecule has 112 valence electrons. The van der Waals surface area contributed by atoms with Gasteiger partial charge in [-0.3, -0.25) is 9.59 Å². The van der Waals surface area contributed by atoms with Crippen LogP contribution in [-0.4, -0.2) is 40.4 Å². The Morgan fingerprint density at radius 3 is 2.10 bits per heavy atom. The van der Waals surface area contributed by atoms with Crippen LogP contribution in [0.1, 0.15) is 44.9 Å². The summed E-state index contributed by atoms with van der Waals surface area (Å²) in [4.78, 5) is 36.4. The number of nitrogens with zero attached hydrogens (tertiary/aromatic N) is 1. The van der Waals surface area contributed by atoms with Crippen molar-refractivity contribution in [3.8, 4) is 0 Å². The molecule has 1 heterocycles. The molecule has 2 rings (SSSR count). The van der Waals surface area contributed by atoms with Gasteiger partial charge in [-0.25, -0.2) is 4.79 Å². The van der Waals surface area contributed by atoms with E-state index >= 15 is 0 Å². The zero-order valence-electron chi connectivity index (χ0n) is 11.6. The maximum Gasteiger partial charge on any atom is 0.326 e.